The van der Waals surface area contributed by atoms with Gasteiger partial charge in [0.05, 0.1) is 13.2 Å². The van der Waals surface area contributed by atoms with Gasteiger partial charge in [-0.05, 0) is 73.0 Å². The van der Waals surface area contributed by atoms with E-state index in [0.717, 1.165) is 30.8 Å². The number of fused-ring (bicyclic) bond motifs is 1. The molecule has 0 spiro atoms. The molecule has 6 nitrogen and oxygen atoms in total. The molecule has 0 radical (unpaired) electrons. The van der Waals surface area contributed by atoms with Gasteiger partial charge in [0.15, 0.2) is 0 Å². The summed E-state index contributed by atoms with van der Waals surface area (Å²) in [5, 5.41) is 14.4. The fraction of sp³-hybridized carbons (Fsp3) is 0.500. The summed E-state index contributed by atoms with van der Waals surface area (Å²) in [5.41, 5.74) is 3.10. The standard InChI is InChI=1S/C28H38N2O4/c1-4-6-21-9-10-22(25-18-24(21)25)17-26(28(33)29-12-13-31)30-27(32)16-19(3)15-23(5-2)34-14-11-20-7-8-20/h5,10,15-18,20-21,24,31H,2,4,6-9,11-14H2,1,3H3,(H,29,33)(H,30,32)/b19-16+,23-15+,26-17-. The maximum atomic E-state index is 12.7. The Kier molecular flexibility index (Phi) is 9.52. The molecule has 0 saturated heterocycles. The Morgan fingerprint density at radius 1 is 1.26 bits per heavy atom. The third-order valence-corrected chi connectivity index (χ3v) is 6.37. The Morgan fingerprint density at radius 2 is 2.06 bits per heavy atom. The number of carbonyl (C=O) groups is 2. The Labute approximate surface area is 203 Å². The van der Waals surface area contributed by atoms with Crippen LogP contribution in [0, 0.1) is 17.8 Å². The van der Waals surface area contributed by atoms with Gasteiger partial charge in [-0.3, -0.25) is 9.59 Å². The molecule has 0 heterocycles. The molecule has 2 amide bonds. The van der Waals surface area contributed by atoms with Crippen molar-refractivity contribution < 1.29 is 19.4 Å². The number of amides is 2. The molecular weight excluding hydrogens is 428 g/mol. The van der Waals surface area contributed by atoms with Crippen molar-refractivity contribution in [3.05, 3.63) is 71.2 Å². The highest BCUT2D eigenvalue weighted by Gasteiger charge is 2.36. The van der Waals surface area contributed by atoms with Crippen molar-refractivity contribution >= 4 is 11.8 Å². The van der Waals surface area contributed by atoms with Crippen LogP contribution in [0.15, 0.2) is 71.2 Å². The minimum Gasteiger partial charge on any atom is -0.494 e. The van der Waals surface area contributed by atoms with Crippen LogP contribution in [0.3, 0.4) is 0 Å². The van der Waals surface area contributed by atoms with Gasteiger partial charge in [-0.25, -0.2) is 0 Å². The third kappa shape index (κ3) is 7.87. The molecule has 0 aromatic carbocycles. The van der Waals surface area contributed by atoms with E-state index in [1.165, 1.54) is 30.9 Å². The zero-order valence-electron chi connectivity index (χ0n) is 20.4. The highest BCUT2D eigenvalue weighted by Crippen LogP contribution is 2.48. The Morgan fingerprint density at radius 3 is 2.74 bits per heavy atom. The summed E-state index contributed by atoms with van der Waals surface area (Å²) in [4.78, 5) is 25.4. The molecule has 3 aliphatic carbocycles. The molecule has 3 aliphatic rings. The first kappa shape index (κ1) is 25.8. The monoisotopic (exact) mass is 466 g/mol. The number of hydrogen-bond donors (Lipinski definition) is 3. The molecule has 0 aromatic rings. The van der Waals surface area contributed by atoms with E-state index >= 15 is 0 Å². The number of allylic oxidation sites excluding steroid dienone is 8. The lowest BCUT2D eigenvalue weighted by Gasteiger charge is -2.20. The molecule has 1 fully saturated rings. The normalized spacial score (nSPS) is 22.3. The smallest absolute Gasteiger partial charge is 0.267 e. The minimum atomic E-state index is -0.423. The van der Waals surface area contributed by atoms with E-state index in [-0.39, 0.29) is 18.8 Å². The van der Waals surface area contributed by atoms with Crippen molar-refractivity contribution in [3.63, 3.8) is 0 Å². The molecule has 2 atom stereocenters. The van der Waals surface area contributed by atoms with Gasteiger partial charge in [-0.15, -0.1) is 0 Å². The molecule has 1 saturated carbocycles. The second kappa shape index (κ2) is 12.6. The van der Waals surface area contributed by atoms with Crippen LogP contribution in [0.1, 0.15) is 52.4 Å². The number of nitrogens with one attached hydrogen (secondary N) is 2. The van der Waals surface area contributed by atoms with Gasteiger partial charge in [-0.1, -0.05) is 44.9 Å². The van der Waals surface area contributed by atoms with Gasteiger partial charge in [0, 0.05) is 18.5 Å². The largest absolute Gasteiger partial charge is 0.494 e. The molecule has 3 rings (SSSR count). The van der Waals surface area contributed by atoms with E-state index in [1.54, 1.807) is 25.2 Å². The number of carbonyl (C=O) groups excluding carboxylic acids is 2. The number of hydrogen-bond acceptors (Lipinski definition) is 4. The quantitative estimate of drug-likeness (QED) is 0.203. The molecule has 6 heteroatoms. The molecule has 34 heavy (non-hydrogen) atoms. The van der Waals surface area contributed by atoms with E-state index in [2.05, 4.69) is 36.3 Å². The van der Waals surface area contributed by atoms with E-state index in [1.807, 2.05) is 0 Å². The zero-order valence-corrected chi connectivity index (χ0v) is 20.4. The second-order valence-corrected chi connectivity index (χ2v) is 9.34. The Balaban J connectivity index is 1.66. The summed E-state index contributed by atoms with van der Waals surface area (Å²) in [6.45, 7) is 8.38. The van der Waals surface area contributed by atoms with Gasteiger partial charge in [0.1, 0.15) is 11.5 Å². The molecular formula is C28H38N2O4. The predicted molar refractivity (Wildman–Crippen MR) is 134 cm³/mol. The van der Waals surface area contributed by atoms with E-state index < -0.39 is 11.8 Å². The van der Waals surface area contributed by atoms with Crippen LogP contribution in [0.2, 0.25) is 0 Å². The summed E-state index contributed by atoms with van der Waals surface area (Å²) in [5.74, 6) is 1.71. The van der Waals surface area contributed by atoms with Crippen molar-refractivity contribution in [2.24, 2.45) is 17.8 Å². The number of rotatable bonds is 14. The van der Waals surface area contributed by atoms with Crippen molar-refractivity contribution in [1.82, 2.24) is 10.6 Å². The topological polar surface area (TPSA) is 87.7 Å². The Hall–Kier alpha value is -2.86. The lowest BCUT2D eigenvalue weighted by molar-refractivity contribution is -0.121. The fourth-order valence-electron chi connectivity index (χ4n) is 4.31. The highest BCUT2D eigenvalue weighted by molar-refractivity contribution is 6.01. The molecule has 3 N–H and O–H groups in total. The van der Waals surface area contributed by atoms with Crippen LogP contribution < -0.4 is 10.6 Å². The zero-order chi connectivity index (χ0) is 24.5. The first-order valence-corrected chi connectivity index (χ1v) is 12.4. The first-order valence-electron chi connectivity index (χ1n) is 12.4. The van der Waals surface area contributed by atoms with Crippen LogP contribution in [-0.4, -0.2) is 36.7 Å². The average Bonchev–Trinajstić information content (AvgIpc) is 3.72. The van der Waals surface area contributed by atoms with Crippen LogP contribution in [0.5, 0.6) is 0 Å². The van der Waals surface area contributed by atoms with Crippen molar-refractivity contribution in [2.75, 3.05) is 19.8 Å². The van der Waals surface area contributed by atoms with Crippen molar-refractivity contribution in [2.45, 2.75) is 52.4 Å². The average molecular weight is 467 g/mol. The van der Waals surface area contributed by atoms with Crippen molar-refractivity contribution in [3.8, 4) is 0 Å². The maximum absolute atomic E-state index is 12.7. The number of ether oxygens (including phenoxy) is 1. The predicted octanol–water partition coefficient (Wildman–Crippen LogP) is 4.23. The molecule has 184 valence electrons. The van der Waals surface area contributed by atoms with E-state index in [0.29, 0.717) is 29.8 Å². The number of aliphatic hydroxyl groups is 1. The van der Waals surface area contributed by atoms with Gasteiger partial charge in [0.25, 0.3) is 5.91 Å². The summed E-state index contributed by atoms with van der Waals surface area (Å²) in [6.07, 6.45) is 17.9. The van der Waals surface area contributed by atoms with Crippen LogP contribution in [-0.2, 0) is 14.3 Å². The summed E-state index contributed by atoms with van der Waals surface area (Å²) in [7, 11) is 0. The van der Waals surface area contributed by atoms with Gasteiger partial charge in [0.2, 0.25) is 5.91 Å². The highest BCUT2D eigenvalue weighted by atomic mass is 16.5. The lowest BCUT2D eigenvalue weighted by atomic mass is 9.85. The molecule has 0 bridgehead atoms. The first-order chi connectivity index (χ1) is 16.4. The fourth-order valence-corrected chi connectivity index (χ4v) is 4.31. The second-order valence-electron chi connectivity index (χ2n) is 9.34. The molecule has 0 aromatic heterocycles. The third-order valence-electron chi connectivity index (χ3n) is 6.37. The van der Waals surface area contributed by atoms with Gasteiger partial charge < -0.3 is 20.5 Å². The van der Waals surface area contributed by atoms with Crippen LogP contribution >= 0.6 is 0 Å². The summed E-state index contributed by atoms with van der Waals surface area (Å²) in [6, 6.07) is 0. The van der Waals surface area contributed by atoms with Gasteiger partial charge in [-0.2, -0.15) is 0 Å². The van der Waals surface area contributed by atoms with E-state index in [9.17, 15) is 9.59 Å². The maximum Gasteiger partial charge on any atom is 0.267 e. The van der Waals surface area contributed by atoms with Crippen molar-refractivity contribution in [1.29, 1.82) is 0 Å². The van der Waals surface area contributed by atoms with Crippen LogP contribution in [0.25, 0.3) is 0 Å². The summed E-state index contributed by atoms with van der Waals surface area (Å²) < 4.78 is 5.76. The SMILES string of the molecule is C=C/C(=C\C(C)=C\C(=O)N/C(=C\C1=CCC(CCC)C2C=C12)C(=O)NCCO)OCCC1CC1. The van der Waals surface area contributed by atoms with E-state index in [4.69, 9.17) is 9.84 Å². The summed E-state index contributed by atoms with van der Waals surface area (Å²) >= 11 is 0. The minimum absolute atomic E-state index is 0.119. The number of aliphatic hydroxyl groups excluding tert-OH is 1. The van der Waals surface area contributed by atoms with Crippen LogP contribution in [0.4, 0.5) is 0 Å². The van der Waals surface area contributed by atoms with Gasteiger partial charge >= 0.3 is 0 Å². The lowest BCUT2D eigenvalue weighted by Crippen LogP contribution is -2.35. The Bertz CT molecular complexity index is 934. The molecule has 2 unspecified atom stereocenters. The molecule has 0 aliphatic heterocycles.